The minimum atomic E-state index is 1.11. The fourth-order valence-corrected chi connectivity index (χ4v) is 7.15. The van der Waals surface area contributed by atoms with Crippen LogP contribution in [0.25, 0.3) is 65.7 Å². The first kappa shape index (κ1) is 28.8. The fraction of sp³-hybridized carbons (Fsp3) is 0. The van der Waals surface area contributed by atoms with Crippen LogP contribution in [0, 0.1) is 0 Å². The lowest BCUT2D eigenvalue weighted by Crippen LogP contribution is -2.10. The van der Waals surface area contributed by atoms with Crippen LogP contribution in [0.4, 0.5) is 17.1 Å². The summed E-state index contributed by atoms with van der Waals surface area (Å²) in [5.41, 5.74) is 10.7. The number of anilines is 3. The molecule has 230 valence electrons. The van der Waals surface area contributed by atoms with E-state index in [2.05, 4.69) is 205 Å². The lowest BCUT2D eigenvalue weighted by atomic mass is 9.97. The van der Waals surface area contributed by atoms with Crippen molar-refractivity contribution in [3.8, 4) is 33.4 Å². The van der Waals surface area contributed by atoms with Gasteiger partial charge < -0.3 is 4.90 Å². The largest absolute Gasteiger partial charge is 0.310 e. The van der Waals surface area contributed by atoms with Gasteiger partial charge in [-0.05, 0) is 103 Å². The summed E-state index contributed by atoms with van der Waals surface area (Å²) in [6.45, 7) is 0. The van der Waals surface area contributed by atoms with Crippen molar-refractivity contribution >= 4 is 49.4 Å². The maximum absolute atomic E-state index is 2.38. The van der Waals surface area contributed by atoms with Crippen LogP contribution in [0.15, 0.2) is 200 Å². The minimum absolute atomic E-state index is 1.11. The Hall–Kier alpha value is -6.44. The summed E-state index contributed by atoms with van der Waals surface area (Å²) < 4.78 is 0. The Morgan fingerprint density at radius 3 is 1.49 bits per heavy atom. The Morgan fingerprint density at radius 1 is 0.265 bits per heavy atom. The summed E-state index contributed by atoms with van der Waals surface area (Å²) in [7, 11) is 0. The monoisotopic (exact) mass is 623 g/mol. The maximum atomic E-state index is 2.38. The van der Waals surface area contributed by atoms with Gasteiger partial charge in [-0.2, -0.15) is 0 Å². The zero-order chi connectivity index (χ0) is 32.6. The number of hydrogen-bond acceptors (Lipinski definition) is 1. The number of rotatable bonds is 6. The Kier molecular flexibility index (Phi) is 7.22. The second-order valence-corrected chi connectivity index (χ2v) is 12.6. The van der Waals surface area contributed by atoms with E-state index in [4.69, 9.17) is 0 Å². The van der Waals surface area contributed by atoms with Crippen LogP contribution in [0.3, 0.4) is 0 Å². The predicted molar refractivity (Wildman–Crippen MR) is 210 cm³/mol. The van der Waals surface area contributed by atoms with Crippen molar-refractivity contribution in [2.24, 2.45) is 0 Å². The van der Waals surface area contributed by atoms with Gasteiger partial charge in [0.25, 0.3) is 0 Å². The molecule has 0 saturated carbocycles. The SMILES string of the molecule is c1cc(-c2ccc(N(c3ccc(-c4cccc5ccccc45)cc3)c3cccc4ccccc34)cc2)cc(-c2ccc3ccccc3c2)c1. The summed E-state index contributed by atoms with van der Waals surface area (Å²) in [5, 5.41) is 7.48. The van der Waals surface area contributed by atoms with Crippen molar-refractivity contribution < 1.29 is 0 Å². The van der Waals surface area contributed by atoms with Gasteiger partial charge in [0.2, 0.25) is 0 Å². The molecule has 0 fully saturated rings. The van der Waals surface area contributed by atoms with Crippen molar-refractivity contribution in [2.75, 3.05) is 4.90 Å². The molecule has 9 aromatic carbocycles. The molecule has 49 heavy (non-hydrogen) atoms. The molecule has 0 N–H and O–H groups in total. The van der Waals surface area contributed by atoms with Crippen LogP contribution in [0.5, 0.6) is 0 Å². The van der Waals surface area contributed by atoms with Crippen molar-refractivity contribution in [1.29, 1.82) is 0 Å². The molecule has 0 amide bonds. The number of benzene rings is 9. The molecule has 0 aromatic heterocycles. The molecule has 1 heteroatoms. The molecular formula is C48H33N. The smallest absolute Gasteiger partial charge is 0.0540 e. The molecule has 0 saturated heterocycles. The van der Waals surface area contributed by atoms with Gasteiger partial charge in [-0.3, -0.25) is 0 Å². The van der Waals surface area contributed by atoms with Crippen LogP contribution < -0.4 is 4.90 Å². The fourth-order valence-electron chi connectivity index (χ4n) is 7.15. The highest BCUT2D eigenvalue weighted by atomic mass is 15.1. The van der Waals surface area contributed by atoms with Crippen LogP contribution >= 0.6 is 0 Å². The van der Waals surface area contributed by atoms with Gasteiger partial charge in [0, 0.05) is 16.8 Å². The summed E-state index contributed by atoms with van der Waals surface area (Å²) >= 11 is 0. The van der Waals surface area contributed by atoms with E-state index < -0.39 is 0 Å². The molecule has 0 aliphatic carbocycles. The Balaban J connectivity index is 1.10. The second-order valence-electron chi connectivity index (χ2n) is 12.6. The first-order valence-corrected chi connectivity index (χ1v) is 16.8. The van der Waals surface area contributed by atoms with E-state index in [0.29, 0.717) is 0 Å². The van der Waals surface area contributed by atoms with Gasteiger partial charge in [0.15, 0.2) is 0 Å². The van der Waals surface area contributed by atoms with Crippen LogP contribution in [0.2, 0.25) is 0 Å². The number of nitrogens with zero attached hydrogens (tertiary/aromatic N) is 1. The van der Waals surface area contributed by atoms with Gasteiger partial charge in [-0.25, -0.2) is 0 Å². The third-order valence-corrected chi connectivity index (χ3v) is 9.64. The van der Waals surface area contributed by atoms with E-state index in [0.717, 1.165) is 17.1 Å². The van der Waals surface area contributed by atoms with Crippen molar-refractivity contribution in [1.82, 2.24) is 0 Å². The summed E-state index contributed by atoms with van der Waals surface area (Å²) in [6.07, 6.45) is 0. The number of fused-ring (bicyclic) bond motifs is 3. The molecule has 0 aliphatic heterocycles. The van der Waals surface area contributed by atoms with E-state index >= 15 is 0 Å². The molecule has 1 nitrogen and oxygen atoms in total. The van der Waals surface area contributed by atoms with Crippen molar-refractivity contribution in [3.05, 3.63) is 200 Å². The van der Waals surface area contributed by atoms with Gasteiger partial charge >= 0.3 is 0 Å². The Bertz CT molecular complexity index is 2590. The summed E-state index contributed by atoms with van der Waals surface area (Å²) in [4.78, 5) is 2.38. The highest BCUT2D eigenvalue weighted by Gasteiger charge is 2.16. The zero-order valence-corrected chi connectivity index (χ0v) is 27.0. The normalized spacial score (nSPS) is 11.3. The van der Waals surface area contributed by atoms with Crippen LogP contribution in [-0.2, 0) is 0 Å². The molecule has 0 radical (unpaired) electrons. The minimum Gasteiger partial charge on any atom is -0.310 e. The number of hydrogen-bond donors (Lipinski definition) is 0. The highest BCUT2D eigenvalue weighted by Crippen LogP contribution is 2.41. The lowest BCUT2D eigenvalue weighted by Gasteiger charge is -2.27. The average Bonchev–Trinajstić information content (AvgIpc) is 3.18. The molecule has 0 unspecified atom stereocenters. The molecular weight excluding hydrogens is 591 g/mol. The lowest BCUT2D eigenvalue weighted by molar-refractivity contribution is 1.30. The average molecular weight is 624 g/mol. The second kappa shape index (κ2) is 12.3. The van der Waals surface area contributed by atoms with Gasteiger partial charge in [-0.15, -0.1) is 0 Å². The topological polar surface area (TPSA) is 3.24 Å². The van der Waals surface area contributed by atoms with E-state index in [-0.39, 0.29) is 0 Å². The first-order chi connectivity index (χ1) is 24.3. The molecule has 0 bridgehead atoms. The summed E-state index contributed by atoms with van der Waals surface area (Å²) in [5.74, 6) is 0. The summed E-state index contributed by atoms with van der Waals surface area (Å²) in [6, 6.07) is 72.5. The Morgan fingerprint density at radius 2 is 0.755 bits per heavy atom. The Labute approximate surface area is 287 Å². The maximum Gasteiger partial charge on any atom is 0.0540 e. The molecule has 0 aliphatic rings. The third kappa shape index (κ3) is 5.42. The molecule has 9 aromatic rings. The first-order valence-electron chi connectivity index (χ1n) is 16.8. The standard InChI is InChI=1S/C48H33N/c1-2-13-39-33-42(23-22-34(39)10-1)41-17-7-16-40(32-41)35-24-28-43(29-25-35)49(48-21-9-15-37-12-4-6-19-47(37)48)44-30-26-38(27-31-44)46-20-8-14-36-11-3-5-18-45(36)46/h1-33H. The van der Waals surface area contributed by atoms with Crippen molar-refractivity contribution in [3.63, 3.8) is 0 Å². The van der Waals surface area contributed by atoms with E-state index in [1.807, 2.05) is 0 Å². The van der Waals surface area contributed by atoms with Crippen LogP contribution in [0.1, 0.15) is 0 Å². The van der Waals surface area contributed by atoms with E-state index in [9.17, 15) is 0 Å². The molecule has 0 heterocycles. The zero-order valence-electron chi connectivity index (χ0n) is 27.0. The van der Waals surface area contributed by atoms with Crippen LogP contribution in [-0.4, -0.2) is 0 Å². The highest BCUT2D eigenvalue weighted by molar-refractivity contribution is 6.00. The predicted octanol–water partition coefficient (Wildman–Crippen LogP) is 13.6. The molecule has 0 spiro atoms. The van der Waals surface area contributed by atoms with Gasteiger partial charge in [0.05, 0.1) is 5.69 Å². The third-order valence-electron chi connectivity index (χ3n) is 9.64. The van der Waals surface area contributed by atoms with Gasteiger partial charge in [-0.1, -0.05) is 158 Å². The van der Waals surface area contributed by atoms with Gasteiger partial charge in [0.1, 0.15) is 0 Å². The van der Waals surface area contributed by atoms with E-state index in [1.54, 1.807) is 0 Å². The molecule has 9 rings (SSSR count). The quantitative estimate of drug-likeness (QED) is 0.178. The van der Waals surface area contributed by atoms with E-state index in [1.165, 1.54) is 65.7 Å². The van der Waals surface area contributed by atoms with Crippen molar-refractivity contribution in [2.45, 2.75) is 0 Å². The molecule has 0 atom stereocenters.